The molecule has 0 amide bonds. The maximum Gasteiger partial charge on any atom is 0.323 e. The Morgan fingerprint density at radius 2 is 1.79 bits per heavy atom. The third-order valence-electron chi connectivity index (χ3n) is 6.80. The Labute approximate surface area is 203 Å². The van der Waals surface area contributed by atoms with Crippen LogP contribution >= 0.6 is 0 Å². The highest BCUT2D eigenvalue weighted by Gasteiger charge is 2.33. The molecule has 1 aromatic heterocycles. The third kappa shape index (κ3) is 5.39. The first kappa shape index (κ1) is 26.4. The lowest BCUT2D eigenvalue weighted by Crippen LogP contribution is -2.40. The molecule has 1 aliphatic heterocycles. The molecule has 1 aromatic carbocycles. The molecule has 8 heteroatoms. The summed E-state index contributed by atoms with van der Waals surface area (Å²) in [5.41, 5.74) is 5.15. The normalized spacial score (nSPS) is 18.0. The second kappa shape index (κ2) is 10.6. The van der Waals surface area contributed by atoms with Crippen LogP contribution in [0.4, 0.5) is 0 Å². The fourth-order valence-electron chi connectivity index (χ4n) is 5.03. The van der Waals surface area contributed by atoms with Crippen molar-refractivity contribution in [2.24, 2.45) is 5.41 Å². The molecule has 7 nitrogen and oxygen atoms in total. The molecule has 2 aromatic rings. The van der Waals surface area contributed by atoms with Crippen molar-refractivity contribution in [1.82, 2.24) is 8.87 Å². The summed E-state index contributed by atoms with van der Waals surface area (Å²) in [6, 6.07) is 7.18. The predicted octanol–water partition coefficient (Wildman–Crippen LogP) is 4.03. The molecule has 2 aliphatic rings. The maximum atomic E-state index is 13.4. The summed E-state index contributed by atoms with van der Waals surface area (Å²) in [5, 5.41) is 9.50. The Kier molecular flexibility index (Phi) is 8.26. The highest BCUT2D eigenvalue weighted by Crippen LogP contribution is 2.40. The lowest BCUT2D eigenvalue weighted by Gasteiger charge is -2.31. The van der Waals surface area contributed by atoms with E-state index in [1.165, 1.54) is 9.87 Å². The number of hydrogen-bond acceptors (Lipinski definition) is 4. The van der Waals surface area contributed by atoms with E-state index in [4.69, 9.17) is 4.74 Å². The molecule has 0 spiro atoms. The Bertz CT molecular complexity index is 1130. The first-order valence-electron chi connectivity index (χ1n) is 12.2. The number of carboxylic acid groups (broad SMARTS) is 1. The lowest BCUT2D eigenvalue weighted by molar-refractivity contribution is -0.137. The number of benzene rings is 1. The van der Waals surface area contributed by atoms with Gasteiger partial charge in [-0.15, -0.1) is 0 Å². The van der Waals surface area contributed by atoms with Gasteiger partial charge in [0.1, 0.15) is 6.54 Å². The minimum atomic E-state index is -3.63. The van der Waals surface area contributed by atoms with Crippen molar-refractivity contribution in [3.8, 4) is 0 Å². The second-order valence-corrected chi connectivity index (χ2v) is 11.5. The van der Waals surface area contributed by atoms with Crippen LogP contribution in [0.3, 0.4) is 0 Å². The number of aromatic nitrogens is 1. The summed E-state index contributed by atoms with van der Waals surface area (Å²) in [7, 11) is -3.63. The first-order chi connectivity index (χ1) is 16.1. The standard InChI is InChI=1S/C24H32N2O5S.C2H6/c1-17-20(19-8-9-24(2,3)15-21(19)26(17)16-23(27)28)14-18-6-4-5-7-22(18)32(29,30)25-10-12-31-13-11-25;1-2/h4-7H,8-16H2,1-3H3,(H,27,28);1-2H3. The minimum Gasteiger partial charge on any atom is -0.480 e. The SMILES string of the molecule is CC.Cc1c(Cc2ccccc2S(=O)(=O)N2CCOCC2)c2c(n1CC(=O)O)CC(C)(C)CC2. The number of morpholine rings is 1. The number of sulfonamides is 1. The van der Waals surface area contributed by atoms with Gasteiger partial charge in [0.2, 0.25) is 10.0 Å². The number of carboxylic acids is 1. The van der Waals surface area contributed by atoms with Crippen molar-refractivity contribution in [1.29, 1.82) is 0 Å². The highest BCUT2D eigenvalue weighted by atomic mass is 32.2. The fraction of sp³-hybridized carbons (Fsp3) is 0.577. The van der Waals surface area contributed by atoms with Gasteiger partial charge in [0.05, 0.1) is 18.1 Å². The summed E-state index contributed by atoms with van der Waals surface area (Å²) < 4.78 is 35.5. The second-order valence-electron chi connectivity index (χ2n) is 9.61. The van der Waals surface area contributed by atoms with E-state index in [0.29, 0.717) is 37.6 Å². The summed E-state index contributed by atoms with van der Waals surface area (Å²) in [6.07, 6.45) is 3.20. The van der Waals surface area contributed by atoms with Crippen LogP contribution in [-0.4, -0.2) is 54.7 Å². The van der Waals surface area contributed by atoms with E-state index in [-0.39, 0.29) is 12.0 Å². The van der Waals surface area contributed by atoms with E-state index in [1.54, 1.807) is 12.1 Å². The van der Waals surface area contributed by atoms with Gasteiger partial charge in [0.25, 0.3) is 0 Å². The van der Waals surface area contributed by atoms with E-state index in [9.17, 15) is 18.3 Å². The van der Waals surface area contributed by atoms with Gasteiger partial charge in [-0.25, -0.2) is 8.42 Å². The zero-order valence-corrected chi connectivity index (χ0v) is 21.9. The minimum absolute atomic E-state index is 0.0715. The number of ether oxygens (including phenoxy) is 1. The van der Waals surface area contributed by atoms with Crippen LogP contribution < -0.4 is 0 Å². The van der Waals surface area contributed by atoms with E-state index in [2.05, 4.69) is 13.8 Å². The first-order valence-corrected chi connectivity index (χ1v) is 13.6. The number of aliphatic carboxylic acids is 1. The average molecular weight is 491 g/mol. The van der Waals surface area contributed by atoms with Crippen LogP contribution in [0.1, 0.15) is 62.2 Å². The van der Waals surface area contributed by atoms with Crippen LogP contribution in [0.5, 0.6) is 0 Å². The van der Waals surface area contributed by atoms with Gasteiger partial charge < -0.3 is 14.4 Å². The smallest absolute Gasteiger partial charge is 0.323 e. The Morgan fingerprint density at radius 1 is 1.15 bits per heavy atom. The van der Waals surface area contributed by atoms with Crippen molar-refractivity contribution >= 4 is 16.0 Å². The molecule has 1 saturated heterocycles. The largest absolute Gasteiger partial charge is 0.480 e. The topological polar surface area (TPSA) is 88.8 Å². The summed E-state index contributed by atoms with van der Waals surface area (Å²) in [6.45, 7) is 11.8. The molecule has 34 heavy (non-hydrogen) atoms. The monoisotopic (exact) mass is 490 g/mol. The van der Waals surface area contributed by atoms with Crippen LogP contribution in [0.25, 0.3) is 0 Å². The predicted molar refractivity (Wildman–Crippen MR) is 133 cm³/mol. The zero-order valence-electron chi connectivity index (χ0n) is 21.1. The average Bonchev–Trinajstić information content (AvgIpc) is 3.05. The lowest BCUT2D eigenvalue weighted by atomic mass is 9.76. The molecule has 188 valence electrons. The van der Waals surface area contributed by atoms with Crippen LogP contribution in [0, 0.1) is 12.3 Å². The molecule has 4 rings (SSSR count). The van der Waals surface area contributed by atoms with Crippen molar-refractivity contribution < 1.29 is 23.1 Å². The van der Waals surface area contributed by atoms with Crippen molar-refractivity contribution in [2.75, 3.05) is 26.3 Å². The van der Waals surface area contributed by atoms with Crippen LogP contribution in [0.15, 0.2) is 29.2 Å². The Balaban J connectivity index is 0.00000158. The molecular weight excluding hydrogens is 452 g/mol. The molecule has 0 unspecified atom stereocenters. The number of rotatable bonds is 6. The summed E-state index contributed by atoms with van der Waals surface area (Å²) in [5.74, 6) is -0.865. The molecular formula is C26H38N2O5S. The van der Waals surface area contributed by atoms with Gasteiger partial charge in [-0.05, 0) is 54.4 Å². The molecule has 1 N–H and O–H groups in total. The maximum absolute atomic E-state index is 13.4. The van der Waals surface area contributed by atoms with Crippen LogP contribution in [0.2, 0.25) is 0 Å². The molecule has 0 radical (unpaired) electrons. The van der Waals surface area contributed by atoms with Gasteiger partial charge in [-0.3, -0.25) is 4.79 Å². The van der Waals surface area contributed by atoms with Crippen LogP contribution in [-0.2, 0) is 45.4 Å². The highest BCUT2D eigenvalue weighted by molar-refractivity contribution is 7.89. The van der Waals surface area contributed by atoms with Crippen molar-refractivity contribution in [2.45, 2.75) is 71.7 Å². The Hall–Kier alpha value is -2.16. The van der Waals surface area contributed by atoms with E-state index in [1.807, 2.05) is 37.5 Å². The third-order valence-corrected chi connectivity index (χ3v) is 8.80. The summed E-state index contributed by atoms with van der Waals surface area (Å²) >= 11 is 0. The number of nitrogens with zero attached hydrogens (tertiary/aromatic N) is 2. The zero-order chi connectivity index (χ0) is 25.1. The van der Waals surface area contributed by atoms with E-state index in [0.717, 1.165) is 41.8 Å². The molecule has 0 saturated carbocycles. The van der Waals surface area contributed by atoms with Gasteiger partial charge in [-0.2, -0.15) is 4.31 Å². The molecule has 0 bridgehead atoms. The van der Waals surface area contributed by atoms with Gasteiger partial charge in [0.15, 0.2) is 0 Å². The van der Waals surface area contributed by atoms with E-state index < -0.39 is 16.0 Å². The van der Waals surface area contributed by atoms with Crippen molar-refractivity contribution in [3.05, 3.63) is 52.3 Å². The van der Waals surface area contributed by atoms with Gasteiger partial charge in [0, 0.05) is 30.9 Å². The van der Waals surface area contributed by atoms with Gasteiger partial charge in [-0.1, -0.05) is 45.9 Å². The van der Waals surface area contributed by atoms with E-state index >= 15 is 0 Å². The van der Waals surface area contributed by atoms with Crippen molar-refractivity contribution in [3.63, 3.8) is 0 Å². The fourth-order valence-corrected chi connectivity index (χ4v) is 6.66. The number of fused-ring (bicyclic) bond motifs is 1. The molecule has 1 aliphatic carbocycles. The number of hydrogen-bond donors (Lipinski definition) is 1. The summed E-state index contributed by atoms with van der Waals surface area (Å²) in [4.78, 5) is 11.9. The molecule has 2 heterocycles. The molecule has 1 fully saturated rings. The number of carbonyl (C=O) groups is 1. The van der Waals surface area contributed by atoms with Gasteiger partial charge >= 0.3 is 5.97 Å². The molecule has 0 atom stereocenters. The Morgan fingerprint density at radius 3 is 2.44 bits per heavy atom. The quantitative estimate of drug-likeness (QED) is 0.660.